The number of rotatable bonds is 14. The second-order valence-corrected chi connectivity index (χ2v) is 13.9. The van der Waals surface area contributed by atoms with Crippen LogP contribution < -0.4 is 10.0 Å². The Hall–Kier alpha value is -3.34. The molecular formula is C36H47ClN4O4S. The smallest absolute Gasteiger partial charge is 0.255 e. The SMILES string of the molecule is C=CCNC1CCN(C[C@@H](CN(C)C(=O)c2ccccc2Cl)C(C)c2ccccc2)CC1.CNS(=O)(=O)c1ccc(CC=O)cc1. The summed E-state index contributed by atoms with van der Waals surface area (Å²) in [5.74, 6) is 0.647. The lowest BCUT2D eigenvalue weighted by Gasteiger charge is -2.37. The van der Waals surface area contributed by atoms with Crippen LogP contribution >= 0.6 is 11.6 Å². The molecule has 2 atom stereocenters. The molecule has 248 valence electrons. The van der Waals surface area contributed by atoms with E-state index in [0.717, 1.165) is 50.9 Å². The number of benzene rings is 3. The molecule has 0 spiro atoms. The number of hydrogen-bond acceptors (Lipinski definition) is 6. The minimum atomic E-state index is -3.37. The van der Waals surface area contributed by atoms with Crippen LogP contribution in [0.5, 0.6) is 0 Å². The lowest BCUT2D eigenvalue weighted by Crippen LogP contribution is -2.46. The summed E-state index contributed by atoms with van der Waals surface area (Å²) in [6.45, 7) is 10.8. The number of amides is 1. The number of nitrogens with one attached hydrogen (secondary N) is 2. The summed E-state index contributed by atoms with van der Waals surface area (Å²) in [5.41, 5.74) is 2.69. The van der Waals surface area contributed by atoms with E-state index < -0.39 is 10.0 Å². The number of piperidine rings is 1. The fraction of sp³-hybridized carbons (Fsp3) is 0.389. The number of carbonyl (C=O) groups excluding carboxylic acids is 2. The van der Waals surface area contributed by atoms with Crippen molar-refractivity contribution in [3.63, 3.8) is 0 Å². The van der Waals surface area contributed by atoms with Crippen LogP contribution in [0.4, 0.5) is 0 Å². The summed E-state index contributed by atoms with van der Waals surface area (Å²) in [6.07, 6.45) is 5.31. The molecule has 2 N–H and O–H groups in total. The molecule has 0 saturated carbocycles. The molecule has 1 fully saturated rings. The first-order chi connectivity index (χ1) is 22.1. The van der Waals surface area contributed by atoms with Gasteiger partial charge in [0.15, 0.2) is 0 Å². The van der Waals surface area contributed by atoms with Gasteiger partial charge in [0, 0.05) is 39.1 Å². The average Bonchev–Trinajstić information content (AvgIpc) is 3.08. The normalized spacial score (nSPS) is 15.2. The largest absolute Gasteiger partial charge is 0.341 e. The van der Waals surface area contributed by atoms with Crippen molar-refractivity contribution in [3.8, 4) is 0 Å². The molecule has 1 aliphatic rings. The molecule has 1 aliphatic heterocycles. The minimum absolute atomic E-state index is 0.0202. The maximum atomic E-state index is 13.1. The summed E-state index contributed by atoms with van der Waals surface area (Å²) in [5, 5.41) is 4.06. The highest BCUT2D eigenvalue weighted by atomic mass is 35.5. The quantitative estimate of drug-likeness (QED) is 0.177. The van der Waals surface area contributed by atoms with Crippen LogP contribution in [0.3, 0.4) is 0 Å². The summed E-state index contributed by atoms with van der Waals surface area (Å²) in [4.78, 5) is 27.9. The van der Waals surface area contributed by atoms with Crippen molar-refractivity contribution in [3.05, 3.63) is 113 Å². The Kier molecular flexibility index (Phi) is 15.1. The second-order valence-electron chi connectivity index (χ2n) is 11.6. The van der Waals surface area contributed by atoms with Crippen molar-refractivity contribution in [2.45, 2.75) is 43.0 Å². The van der Waals surface area contributed by atoms with Crippen LogP contribution in [0.2, 0.25) is 5.02 Å². The number of hydrogen-bond donors (Lipinski definition) is 2. The van der Waals surface area contributed by atoms with Gasteiger partial charge in [-0.15, -0.1) is 6.58 Å². The molecule has 1 saturated heterocycles. The Morgan fingerprint density at radius 2 is 1.67 bits per heavy atom. The molecule has 0 aromatic heterocycles. The van der Waals surface area contributed by atoms with Gasteiger partial charge in [-0.2, -0.15) is 0 Å². The zero-order chi connectivity index (χ0) is 33.5. The zero-order valence-electron chi connectivity index (χ0n) is 27.1. The molecule has 3 aromatic carbocycles. The van der Waals surface area contributed by atoms with E-state index in [4.69, 9.17) is 11.6 Å². The molecule has 10 heteroatoms. The molecule has 46 heavy (non-hydrogen) atoms. The van der Waals surface area contributed by atoms with E-state index in [0.29, 0.717) is 41.4 Å². The summed E-state index contributed by atoms with van der Waals surface area (Å²) in [7, 11) is -0.122. The van der Waals surface area contributed by atoms with Gasteiger partial charge in [-0.05, 0) is 80.2 Å². The Labute approximate surface area is 279 Å². The third-order valence-electron chi connectivity index (χ3n) is 8.44. The first-order valence-corrected chi connectivity index (χ1v) is 17.5. The first-order valence-electron chi connectivity index (χ1n) is 15.7. The van der Waals surface area contributed by atoms with Crippen molar-refractivity contribution >= 4 is 33.8 Å². The number of likely N-dealkylation sites (tertiary alicyclic amines) is 1. The highest BCUT2D eigenvalue weighted by Gasteiger charge is 2.28. The van der Waals surface area contributed by atoms with Gasteiger partial charge in [-0.1, -0.05) is 79.2 Å². The lowest BCUT2D eigenvalue weighted by molar-refractivity contribution is -0.107. The van der Waals surface area contributed by atoms with Crippen molar-refractivity contribution in [2.75, 3.05) is 46.8 Å². The van der Waals surface area contributed by atoms with Crippen LogP contribution in [0.1, 0.15) is 47.2 Å². The van der Waals surface area contributed by atoms with Gasteiger partial charge in [-0.3, -0.25) is 4.79 Å². The van der Waals surface area contributed by atoms with E-state index in [9.17, 15) is 18.0 Å². The van der Waals surface area contributed by atoms with Gasteiger partial charge in [-0.25, -0.2) is 13.1 Å². The van der Waals surface area contributed by atoms with Gasteiger partial charge in [0.05, 0.1) is 15.5 Å². The molecule has 4 rings (SSSR count). The molecule has 0 bridgehead atoms. The summed E-state index contributed by atoms with van der Waals surface area (Å²) < 4.78 is 24.8. The molecule has 0 aliphatic carbocycles. The highest BCUT2D eigenvalue weighted by Crippen LogP contribution is 2.28. The van der Waals surface area contributed by atoms with E-state index >= 15 is 0 Å². The third kappa shape index (κ3) is 11.2. The predicted octanol–water partition coefficient (Wildman–Crippen LogP) is 5.41. The van der Waals surface area contributed by atoms with Crippen LogP contribution in [-0.4, -0.2) is 83.3 Å². The van der Waals surface area contributed by atoms with Crippen molar-refractivity contribution in [1.82, 2.24) is 19.8 Å². The topological polar surface area (TPSA) is 98.8 Å². The van der Waals surface area contributed by atoms with E-state index in [1.807, 2.05) is 30.2 Å². The molecule has 8 nitrogen and oxygen atoms in total. The third-order valence-corrected chi connectivity index (χ3v) is 10.2. The van der Waals surface area contributed by atoms with E-state index in [1.165, 1.54) is 24.7 Å². The number of sulfonamides is 1. The highest BCUT2D eigenvalue weighted by molar-refractivity contribution is 7.89. The maximum Gasteiger partial charge on any atom is 0.255 e. The maximum absolute atomic E-state index is 13.1. The van der Waals surface area contributed by atoms with Crippen LogP contribution in [0, 0.1) is 5.92 Å². The molecule has 0 radical (unpaired) electrons. The number of carbonyl (C=O) groups is 2. The minimum Gasteiger partial charge on any atom is -0.341 e. The Morgan fingerprint density at radius 3 is 2.26 bits per heavy atom. The molecule has 1 amide bonds. The Morgan fingerprint density at radius 1 is 1.04 bits per heavy atom. The summed E-state index contributed by atoms with van der Waals surface area (Å²) in [6, 6.07) is 24.7. The predicted molar refractivity (Wildman–Crippen MR) is 187 cm³/mol. The lowest BCUT2D eigenvalue weighted by atomic mass is 9.86. The Bertz CT molecular complexity index is 1490. The van der Waals surface area contributed by atoms with Crippen LogP contribution in [-0.2, 0) is 21.2 Å². The fourth-order valence-corrected chi connectivity index (χ4v) is 6.54. The monoisotopic (exact) mass is 666 g/mol. The number of aldehydes is 1. The second kappa shape index (κ2) is 18.7. The molecule has 1 unspecified atom stereocenters. The van der Waals surface area contributed by atoms with E-state index in [2.05, 4.69) is 58.8 Å². The number of nitrogens with zero attached hydrogens (tertiary/aromatic N) is 2. The van der Waals surface area contributed by atoms with Gasteiger partial charge in [0.1, 0.15) is 6.29 Å². The first kappa shape index (κ1) is 37.1. The van der Waals surface area contributed by atoms with E-state index in [-0.39, 0.29) is 10.8 Å². The van der Waals surface area contributed by atoms with Crippen LogP contribution in [0.15, 0.2) is 96.4 Å². The van der Waals surface area contributed by atoms with Gasteiger partial charge in [0.2, 0.25) is 10.0 Å². The summed E-state index contributed by atoms with van der Waals surface area (Å²) >= 11 is 6.30. The molecule has 3 aromatic rings. The molecular weight excluding hydrogens is 620 g/mol. The van der Waals surface area contributed by atoms with E-state index in [1.54, 1.807) is 24.3 Å². The van der Waals surface area contributed by atoms with Crippen molar-refractivity contribution < 1.29 is 18.0 Å². The van der Waals surface area contributed by atoms with Crippen molar-refractivity contribution in [1.29, 1.82) is 0 Å². The Balaban J connectivity index is 0.000000344. The van der Waals surface area contributed by atoms with Crippen LogP contribution in [0.25, 0.3) is 0 Å². The average molecular weight is 667 g/mol. The van der Waals surface area contributed by atoms with Gasteiger partial charge < -0.3 is 19.9 Å². The molecule has 1 heterocycles. The van der Waals surface area contributed by atoms with Gasteiger partial charge >= 0.3 is 0 Å². The van der Waals surface area contributed by atoms with Crippen molar-refractivity contribution in [2.24, 2.45) is 5.92 Å². The fourth-order valence-electron chi connectivity index (χ4n) is 5.60. The zero-order valence-corrected chi connectivity index (χ0v) is 28.6. The number of halogens is 1. The van der Waals surface area contributed by atoms with Gasteiger partial charge in [0.25, 0.3) is 5.91 Å². The standard InChI is InChI=1S/C27H36ClN3O.C9H11NO3S/c1-4-16-29-24-14-17-31(18-15-24)20-23(21(2)22-10-6-5-7-11-22)19-30(3)27(32)25-12-8-9-13-26(25)28;1-10-14(12,13)9-4-2-8(3-5-9)6-7-11/h4-13,21,23-24,29H,1,14-20H2,2-3H3;2-5,7,10H,6H2,1H3/t21?,23-;/m1./s1.